The molecule has 0 fully saturated rings. The van der Waals surface area contributed by atoms with Gasteiger partial charge in [0.05, 0.1) is 18.2 Å². The van der Waals surface area contributed by atoms with Crippen molar-refractivity contribution in [2.45, 2.75) is 33.7 Å². The lowest BCUT2D eigenvalue weighted by atomic mass is 10.1. The number of benzene rings is 1. The lowest BCUT2D eigenvalue weighted by molar-refractivity contribution is 0.0938. The molecule has 0 saturated carbocycles. The third-order valence-electron chi connectivity index (χ3n) is 3.32. The summed E-state index contributed by atoms with van der Waals surface area (Å²) in [6, 6.07) is 9.43. The van der Waals surface area contributed by atoms with E-state index in [4.69, 9.17) is 9.15 Å². The zero-order valence-corrected chi connectivity index (χ0v) is 12.9. The van der Waals surface area contributed by atoms with Gasteiger partial charge in [-0.2, -0.15) is 0 Å². The maximum Gasteiger partial charge on any atom is 0.255 e. The van der Waals surface area contributed by atoms with Crippen LogP contribution in [0.1, 0.15) is 47.3 Å². The Labute approximate surface area is 125 Å². The molecular weight excluding hydrogens is 266 g/mol. The Bertz CT molecular complexity index is 613. The molecule has 112 valence electrons. The van der Waals surface area contributed by atoms with Crippen molar-refractivity contribution in [3.05, 3.63) is 53.0 Å². The molecule has 0 aliphatic carbocycles. The van der Waals surface area contributed by atoms with Crippen LogP contribution in [-0.2, 0) is 0 Å². The number of rotatable bonds is 5. The van der Waals surface area contributed by atoms with Crippen molar-refractivity contribution in [2.75, 3.05) is 6.61 Å². The molecule has 0 aliphatic rings. The Morgan fingerprint density at radius 2 is 1.95 bits per heavy atom. The van der Waals surface area contributed by atoms with Crippen LogP contribution in [0, 0.1) is 13.8 Å². The van der Waals surface area contributed by atoms with E-state index >= 15 is 0 Å². The molecule has 2 aromatic rings. The molecule has 0 saturated heterocycles. The van der Waals surface area contributed by atoms with Crippen molar-refractivity contribution < 1.29 is 13.9 Å². The summed E-state index contributed by atoms with van der Waals surface area (Å²) in [4.78, 5) is 12.2. The average molecular weight is 287 g/mol. The topological polar surface area (TPSA) is 51.5 Å². The van der Waals surface area contributed by atoms with Gasteiger partial charge in [-0.25, -0.2) is 0 Å². The Balaban J connectivity index is 2.05. The first-order valence-corrected chi connectivity index (χ1v) is 7.12. The van der Waals surface area contributed by atoms with Crippen LogP contribution in [-0.4, -0.2) is 12.5 Å². The van der Waals surface area contributed by atoms with Gasteiger partial charge in [0.2, 0.25) is 0 Å². The van der Waals surface area contributed by atoms with Crippen LogP contribution in [0.2, 0.25) is 0 Å². The highest BCUT2D eigenvalue weighted by Crippen LogP contribution is 2.19. The zero-order chi connectivity index (χ0) is 15.4. The van der Waals surface area contributed by atoms with Gasteiger partial charge in [-0.15, -0.1) is 0 Å². The molecule has 0 bridgehead atoms. The van der Waals surface area contributed by atoms with Crippen molar-refractivity contribution in [1.29, 1.82) is 0 Å². The summed E-state index contributed by atoms with van der Waals surface area (Å²) in [5, 5.41) is 2.98. The molecule has 1 unspecified atom stereocenters. The van der Waals surface area contributed by atoms with Gasteiger partial charge in [0.25, 0.3) is 5.91 Å². The monoisotopic (exact) mass is 287 g/mol. The smallest absolute Gasteiger partial charge is 0.255 e. The van der Waals surface area contributed by atoms with Gasteiger partial charge in [-0.1, -0.05) is 12.1 Å². The van der Waals surface area contributed by atoms with Gasteiger partial charge < -0.3 is 14.5 Å². The SMILES string of the molecule is CCOc1ccc(C(C)NC(=O)c2cc(C)oc2C)cc1. The number of carbonyl (C=O) groups excluding carboxylic acids is 1. The number of hydrogen-bond acceptors (Lipinski definition) is 3. The number of aryl methyl sites for hydroxylation is 2. The second-order valence-corrected chi connectivity index (χ2v) is 5.02. The van der Waals surface area contributed by atoms with Crippen LogP contribution >= 0.6 is 0 Å². The summed E-state index contributed by atoms with van der Waals surface area (Å²) in [6.07, 6.45) is 0. The average Bonchev–Trinajstić information content (AvgIpc) is 2.79. The van der Waals surface area contributed by atoms with Gasteiger partial charge in [-0.3, -0.25) is 4.79 Å². The van der Waals surface area contributed by atoms with Gasteiger partial charge in [0.15, 0.2) is 0 Å². The number of carbonyl (C=O) groups is 1. The number of ether oxygens (including phenoxy) is 1. The molecule has 1 aromatic heterocycles. The fraction of sp³-hybridized carbons (Fsp3) is 0.353. The molecule has 1 N–H and O–H groups in total. The molecule has 4 nitrogen and oxygen atoms in total. The first-order valence-electron chi connectivity index (χ1n) is 7.12. The highest BCUT2D eigenvalue weighted by molar-refractivity contribution is 5.95. The molecule has 1 amide bonds. The highest BCUT2D eigenvalue weighted by Gasteiger charge is 2.16. The Morgan fingerprint density at radius 3 is 2.48 bits per heavy atom. The maximum absolute atomic E-state index is 12.2. The van der Waals surface area contributed by atoms with Gasteiger partial charge in [0.1, 0.15) is 17.3 Å². The quantitative estimate of drug-likeness (QED) is 0.910. The minimum absolute atomic E-state index is 0.0808. The number of furan rings is 1. The Hall–Kier alpha value is -2.23. The Kier molecular flexibility index (Phi) is 4.68. The summed E-state index contributed by atoms with van der Waals surface area (Å²) < 4.78 is 10.8. The number of nitrogens with one attached hydrogen (secondary N) is 1. The van der Waals surface area contributed by atoms with E-state index in [0.29, 0.717) is 17.9 Å². The molecule has 0 spiro atoms. The van der Waals surface area contributed by atoms with Crippen LogP contribution < -0.4 is 10.1 Å². The summed E-state index contributed by atoms with van der Waals surface area (Å²) in [5.41, 5.74) is 1.62. The second-order valence-electron chi connectivity index (χ2n) is 5.02. The van der Waals surface area contributed by atoms with Crippen molar-refractivity contribution in [3.8, 4) is 5.75 Å². The van der Waals surface area contributed by atoms with Gasteiger partial charge >= 0.3 is 0 Å². The first-order chi connectivity index (χ1) is 10.0. The van der Waals surface area contributed by atoms with Crippen LogP contribution in [0.4, 0.5) is 0 Å². The molecule has 4 heteroatoms. The predicted octanol–water partition coefficient (Wildman–Crippen LogP) is 3.79. The molecule has 1 aromatic carbocycles. The molecule has 0 aliphatic heterocycles. The van der Waals surface area contributed by atoms with E-state index in [9.17, 15) is 4.79 Å². The van der Waals surface area contributed by atoms with E-state index in [2.05, 4.69) is 5.32 Å². The summed E-state index contributed by atoms with van der Waals surface area (Å²) >= 11 is 0. The lowest BCUT2D eigenvalue weighted by Crippen LogP contribution is -2.26. The van der Waals surface area contributed by atoms with E-state index < -0.39 is 0 Å². The Morgan fingerprint density at radius 1 is 1.29 bits per heavy atom. The van der Waals surface area contributed by atoms with Crippen LogP contribution in [0.15, 0.2) is 34.7 Å². The van der Waals surface area contributed by atoms with E-state index in [0.717, 1.165) is 17.1 Å². The largest absolute Gasteiger partial charge is 0.494 e. The predicted molar refractivity (Wildman–Crippen MR) is 81.7 cm³/mol. The van der Waals surface area contributed by atoms with Crippen molar-refractivity contribution in [3.63, 3.8) is 0 Å². The lowest BCUT2D eigenvalue weighted by Gasteiger charge is -2.14. The summed E-state index contributed by atoms with van der Waals surface area (Å²) in [5.74, 6) is 2.10. The zero-order valence-electron chi connectivity index (χ0n) is 12.9. The fourth-order valence-corrected chi connectivity index (χ4v) is 2.23. The van der Waals surface area contributed by atoms with Crippen molar-refractivity contribution >= 4 is 5.91 Å². The molecule has 2 rings (SSSR count). The maximum atomic E-state index is 12.2. The third kappa shape index (κ3) is 3.66. The number of hydrogen-bond donors (Lipinski definition) is 1. The normalized spacial score (nSPS) is 12.0. The minimum Gasteiger partial charge on any atom is -0.494 e. The number of amides is 1. The molecule has 21 heavy (non-hydrogen) atoms. The second kappa shape index (κ2) is 6.48. The van der Waals surface area contributed by atoms with Crippen LogP contribution in [0.25, 0.3) is 0 Å². The fourth-order valence-electron chi connectivity index (χ4n) is 2.23. The van der Waals surface area contributed by atoms with Gasteiger partial charge in [0, 0.05) is 0 Å². The molecule has 0 radical (unpaired) electrons. The molecular formula is C17H21NO3. The third-order valence-corrected chi connectivity index (χ3v) is 3.32. The van der Waals surface area contributed by atoms with Crippen LogP contribution in [0.3, 0.4) is 0 Å². The summed E-state index contributed by atoms with van der Waals surface area (Å²) in [7, 11) is 0. The van der Waals surface area contributed by atoms with Gasteiger partial charge in [-0.05, 0) is 51.5 Å². The van der Waals surface area contributed by atoms with E-state index in [-0.39, 0.29) is 11.9 Å². The minimum atomic E-state index is -0.120. The first kappa shape index (κ1) is 15.2. The molecule has 1 heterocycles. The summed E-state index contributed by atoms with van der Waals surface area (Å²) in [6.45, 7) is 8.18. The van der Waals surface area contributed by atoms with Crippen molar-refractivity contribution in [1.82, 2.24) is 5.32 Å². The van der Waals surface area contributed by atoms with E-state index in [1.807, 2.05) is 45.0 Å². The van der Waals surface area contributed by atoms with E-state index in [1.165, 1.54) is 0 Å². The standard InChI is InChI=1S/C17H21NO3/c1-5-20-15-8-6-14(7-9-15)12(3)18-17(19)16-10-11(2)21-13(16)4/h6-10,12H,5H2,1-4H3,(H,18,19). The van der Waals surface area contributed by atoms with Crippen LogP contribution in [0.5, 0.6) is 5.75 Å². The van der Waals surface area contributed by atoms with E-state index in [1.54, 1.807) is 13.0 Å². The highest BCUT2D eigenvalue weighted by atomic mass is 16.5. The van der Waals surface area contributed by atoms with Crippen molar-refractivity contribution in [2.24, 2.45) is 0 Å². The molecule has 1 atom stereocenters.